The molecule has 8 nitrogen and oxygen atoms in total. The molecule has 124 valence electrons. The number of piperidine rings is 1. The van der Waals surface area contributed by atoms with E-state index in [1.807, 2.05) is 6.92 Å². The summed E-state index contributed by atoms with van der Waals surface area (Å²) in [6.07, 6.45) is 1.16. The zero-order valence-electron chi connectivity index (χ0n) is 12.7. The highest BCUT2D eigenvalue weighted by Crippen LogP contribution is 2.23. The molecule has 1 N–H and O–H groups in total. The van der Waals surface area contributed by atoms with Crippen LogP contribution in [0.5, 0.6) is 5.75 Å². The van der Waals surface area contributed by atoms with E-state index >= 15 is 0 Å². The minimum Gasteiger partial charge on any atom is -0.484 e. The highest BCUT2D eigenvalue weighted by Gasteiger charge is 2.34. The summed E-state index contributed by atoms with van der Waals surface area (Å²) in [5, 5.41) is 19.9. The molecule has 0 bridgehead atoms. The smallest absolute Gasteiger partial charge is 0.326 e. The Kier molecular flexibility index (Phi) is 5.15. The maximum absolute atomic E-state index is 12.2. The van der Waals surface area contributed by atoms with Crippen molar-refractivity contribution in [3.8, 4) is 5.75 Å². The molecule has 2 atom stereocenters. The first-order valence-corrected chi connectivity index (χ1v) is 7.28. The van der Waals surface area contributed by atoms with Crippen LogP contribution >= 0.6 is 0 Å². The summed E-state index contributed by atoms with van der Waals surface area (Å²) in [7, 11) is 0. The maximum atomic E-state index is 12.2. The van der Waals surface area contributed by atoms with E-state index in [1.54, 1.807) is 0 Å². The molecular formula is C15H18N2O6. The van der Waals surface area contributed by atoms with Crippen LogP contribution < -0.4 is 4.74 Å². The average molecular weight is 322 g/mol. The van der Waals surface area contributed by atoms with E-state index < -0.39 is 22.8 Å². The van der Waals surface area contributed by atoms with E-state index in [9.17, 15) is 24.8 Å². The van der Waals surface area contributed by atoms with Crippen molar-refractivity contribution in [2.75, 3.05) is 13.2 Å². The van der Waals surface area contributed by atoms with Gasteiger partial charge in [-0.25, -0.2) is 4.79 Å². The predicted molar refractivity (Wildman–Crippen MR) is 80.1 cm³/mol. The van der Waals surface area contributed by atoms with Crippen LogP contribution in [0.3, 0.4) is 0 Å². The van der Waals surface area contributed by atoms with Gasteiger partial charge in [-0.1, -0.05) is 13.0 Å². The fourth-order valence-corrected chi connectivity index (χ4v) is 2.59. The third kappa shape index (κ3) is 4.18. The zero-order chi connectivity index (χ0) is 17.0. The summed E-state index contributed by atoms with van der Waals surface area (Å²) in [6, 6.07) is 4.66. The normalized spacial score (nSPS) is 20.8. The third-order valence-corrected chi connectivity index (χ3v) is 3.86. The Bertz CT molecular complexity index is 618. The van der Waals surface area contributed by atoms with E-state index in [1.165, 1.54) is 29.2 Å². The molecule has 1 amide bonds. The number of likely N-dealkylation sites (tertiary alicyclic amines) is 1. The van der Waals surface area contributed by atoms with Gasteiger partial charge < -0.3 is 14.7 Å². The number of non-ortho nitro benzene ring substituents is 1. The molecular weight excluding hydrogens is 304 g/mol. The number of nitro benzene ring substituents is 1. The van der Waals surface area contributed by atoms with Gasteiger partial charge in [0.05, 0.1) is 11.0 Å². The molecule has 23 heavy (non-hydrogen) atoms. The summed E-state index contributed by atoms with van der Waals surface area (Å²) in [5.74, 6) is -1.02. The molecule has 0 spiro atoms. The molecule has 2 unspecified atom stereocenters. The van der Waals surface area contributed by atoms with Crippen molar-refractivity contribution in [2.24, 2.45) is 5.92 Å². The average Bonchev–Trinajstić information content (AvgIpc) is 2.52. The molecule has 8 heteroatoms. The number of nitrogens with zero attached hydrogens (tertiary/aromatic N) is 2. The van der Waals surface area contributed by atoms with Gasteiger partial charge in [0.1, 0.15) is 11.8 Å². The van der Waals surface area contributed by atoms with Gasteiger partial charge in [0.25, 0.3) is 11.6 Å². The summed E-state index contributed by atoms with van der Waals surface area (Å²) >= 11 is 0. The maximum Gasteiger partial charge on any atom is 0.326 e. The zero-order valence-corrected chi connectivity index (χ0v) is 12.7. The second-order valence-electron chi connectivity index (χ2n) is 5.61. The Morgan fingerprint density at radius 3 is 2.87 bits per heavy atom. The Morgan fingerprint density at radius 1 is 1.48 bits per heavy atom. The minimum atomic E-state index is -1.03. The number of aliphatic carboxylic acids is 1. The van der Waals surface area contributed by atoms with Gasteiger partial charge in [-0.3, -0.25) is 14.9 Å². The highest BCUT2D eigenvalue weighted by atomic mass is 16.6. The summed E-state index contributed by atoms with van der Waals surface area (Å²) in [5.41, 5.74) is -0.134. The molecule has 0 radical (unpaired) electrons. The minimum absolute atomic E-state index is 0.134. The fourth-order valence-electron chi connectivity index (χ4n) is 2.59. The third-order valence-electron chi connectivity index (χ3n) is 3.86. The first-order chi connectivity index (χ1) is 10.9. The van der Waals surface area contributed by atoms with Gasteiger partial charge in [-0.2, -0.15) is 0 Å². The first-order valence-electron chi connectivity index (χ1n) is 7.28. The Morgan fingerprint density at radius 2 is 2.22 bits per heavy atom. The lowest BCUT2D eigenvalue weighted by Crippen LogP contribution is -2.51. The molecule has 1 heterocycles. The fraction of sp³-hybridized carbons (Fsp3) is 0.467. The second-order valence-corrected chi connectivity index (χ2v) is 5.61. The molecule has 2 rings (SSSR count). The van der Waals surface area contributed by atoms with E-state index in [0.717, 1.165) is 6.42 Å². The molecule has 0 aromatic heterocycles. The topological polar surface area (TPSA) is 110 Å². The molecule has 1 fully saturated rings. The standard InChI is InChI=1S/C15H18N2O6/c1-10-5-6-16(13(7-10)15(19)20)14(18)9-23-12-4-2-3-11(8-12)17(21)22/h2-4,8,10,13H,5-7,9H2,1H3,(H,19,20). The lowest BCUT2D eigenvalue weighted by Gasteiger charge is -2.35. The van der Waals surface area contributed by atoms with Crippen LogP contribution in [-0.4, -0.2) is 46.0 Å². The number of hydrogen-bond acceptors (Lipinski definition) is 5. The van der Waals surface area contributed by atoms with Crippen LogP contribution in [-0.2, 0) is 9.59 Å². The Hall–Kier alpha value is -2.64. The number of benzene rings is 1. The highest BCUT2D eigenvalue weighted by molar-refractivity contribution is 5.84. The van der Waals surface area contributed by atoms with Crippen LogP contribution in [0.15, 0.2) is 24.3 Å². The van der Waals surface area contributed by atoms with Crippen LogP contribution in [0, 0.1) is 16.0 Å². The number of ether oxygens (including phenoxy) is 1. The molecule has 1 aliphatic rings. The van der Waals surface area contributed by atoms with Crippen molar-refractivity contribution in [2.45, 2.75) is 25.8 Å². The van der Waals surface area contributed by atoms with Crippen molar-refractivity contribution in [1.82, 2.24) is 4.90 Å². The number of rotatable bonds is 5. The number of nitro groups is 1. The summed E-state index contributed by atoms with van der Waals surface area (Å²) in [6.45, 7) is 1.98. The Balaban J connectivity index is 1.99. The molecule has 0 aliphatic carbocycles. The van der Waals surface area contributed by atoms with Gasteiger partial charge in [-0.05, 0) is 24.8 Å². The summed E-state index contributed by atoms with van der Waals surface area (Å²) in [4.78, 5) is 35.0. The van der Waals surface area contributed by atoms with Crippen molar-refractivity contribution >= 4 is 17.6 Å². The van der Waals surface area contributed by atoms with Crippen molar-refractivity contribution < 1.29 is 24.4 Å². The molecule has 1 aliphatic heterocycles. The number of carbonyl (C=O) groups excluding carboxylic acids is 1. The lowest BCUT2D eigenvalue weighted by atomic mass is 9.92. The van der Waals surface area contributed by atoms with Crippen LogP contribution in [0.4, 0.5) is 5.69 Å². The predicted octanol–water partition coefficient (Wildman–Crippen LogP) is 1.69. The van der Waals surface area contributed by atoms with Crippen LogP contribution in [0.25, 0.3) is 0 Å². The largest absolute Gasteiger partial charge is 0.484 e. The monoisotopic (exact) mass is 322 g/mol. The number of hydrogen-bond donors (Lipinski definition) is 1. The molecule has 1 aromatic carbocycles. The SMILES string of the molecule is CC1CCN(C(=O)COc2cccc([N+](=O)[O-])c2)C(C(=O)O)C1. The van der Waals surface area contributed by atoms with Crippen molar-refractivity contribution in [3.05, 3.63) is 34.4 Å². The van der Waals surface area contributed by atoms with Crippen LogP contribution in [0.2, 0.25) is 0 Å². The van der Waals surface area contributed by atoms with Gasteiger partial charge in [0.15, 0.2) is 6.61 Å². The number of carboxylic acids is 1. The quantitative estimate of drug-likeness (QED) is 0.652. The first kappa shape index (κ1) is 16.7. The van der Waals surface area contributed by atoms with Crippen LogP contribution in [0.1, 0.15) is 19.8 Å². The molecule has 0 saturated carbocycles. The van der Waals surface area contributed by atoms with Crippen molar-refractivity contribution in [3.63, 3.8) is 0 Å². The van der Waals surface area contributed by atoms with E-state index in [4.69, 9.17) is 4.74 Å². The number of amides is 1. The number of carbonyl (C=O) groups is 2. The van der Waals surface area contributed by atoms with E-state index in [2.05, 4.69) is 0 Å². The number of carboxylic acid groups (broad SMARTS) is 1. The Labute approximate surface area is 132 Å². The second kappa shape index (κ2) is 7.08. The van der Waals surface area contributed by atoms with Gasteiger partial charge in [-0.15, -0.1) is 0 Å². The lowest BCUT2D eigenvalue weighted by molar-refractivity contribution is -0.384. The molecule has 1 aromatic rings. The van der Waals surface area contributed by atoms with Crippen molar-refractivity contribution in [1.29, 1.82) is 0 Å². The van der Waals surface area contributed by atoms with Gasteiger partial charge in [0, 0.05) is 12.6 Å². The van der Waals surface area contributed by atoms with E-state index in [-0.39, 0.29) is 24.0 Å². The van der Waals surface area contributed by atoms with Gasteiger partial charge >= 0.3 is 5.97 Å². The summed E-state index contributed by atoms with van der Waals surface area (Å²) < 4.78 is 5.28. The van der Waals surface area contributed by atoms with Gasteiger partial charge in [0.2, 0.25) is 0 Å². The molecule has 1 saturated heterocycles. The van der Waals surface area contributed by atoms with E-state index in [0.29, 0.717) is 13.0 Å².